The molecule has 0 amide bonds. The number of aliphatic hydroxyl groups is 1. The van der Waals surface area contributed by atoms with Crippen LogP contribution in [0.15, 0.2) is 73.0 Å². The van der Waals surface area contributed by atoms with E-state index in [0.717, 1.165) is 29.2 Å². The average molecular weight is 482 g/mol. The molecule has 5 nitrogen and oxygen atoms in total. The van der Waals surface area contributed by atoms with Crippen molar-refractivity contribution in [3.63, 3.8) is 0 Å². The van der Waals surface area contributed by atoms with Crippen molar-refractivity contribution in [1.82, 2.24) is 9.97 Å². The van der Waals surface area contributed by atoms with Crippen molar-refractivity contribution in [2.75, 3.05) is 6.61 Å². The predicted molar refractivity (Wildman–Crippen MR) is 129 cm³/mol. The van der Waals surface area contributed by atoms with Gasteiger partial charge >= 0.3 is 6.18 Å². The first kappa shape index (κ1) is 24.5. The number of hydrogen-bond acceptors (Lipinski definition) is 4. The second kappa shape index (κ2) is 10.3. The van der Waals surface area contributed by atoms with Gasteiger partial charge in [-0.3, -0.25) is 0 Å². The summed E-state index contributed by atoms with van der Waals surface area (Å²) in [4.78, 5) is 6.95. The summed E-state index contributed by atoms with van der Waals surface area (Å²) in [7, 11) is 0. The van der Waals surface area contributed by atoms with E-state index in [4.69, 9.17) is 10.5 Å². The lowest BCUT2D eigenvalue weighted by molar-refractivity contribution is -0.139. The standard InChI is InChI=1S/C27H26F3N3O2/c1-17-12-21(24-14-32-26(33-24)23(31)15-34)13-22(27(28,29)30)25(17)35-16-18-8-10-20(11-9-18)19-6-4-2-3-5-7-19/h2-6,8-14,23,34H,7,15-16,31H2,1H3,(H,32,33). The molecule has 4 N–H and O–H groups in total. The van der Waals surface area contributed by atoms with Gasteiger partial charge in [-0.05, 0) is 47.7 Å². The monoisotopic (exact) mass is 481 g/mol. The molecule has 0 spiro atoms. The van der Waals surface area contributed by atoms with Crippen LogP contribution in [0, 0.1) is 6.92 Å². The van der Waals surface area contributed by atoms with Gasteiger partial charge in [0.1, 0.15) is 18.2 Å². The number of nitrogens with one attached hydrogen (secondary N) is 1. The number of nitrogens with zero attached hydrogens (tertiary/aromatic N) is 1. The molecule has 8 heteroatoms. The van der Waals surface area contributed by atoms with E-state index < -0.39 is 17.8 Å². The number of aromatic nitrogens is 2. The van der Waals surface area contributed by atoms with Crippen molar-refractivity contribution in [3.8, 4) is 17.0 Å². The normalized spacial score (nSPS) is 14.5. The molecule has 1 unspecified atom stereocenters. The first-order valence-electron chi connectivity index (χ1n) is 11.1. The Bertz CT molecular complexity index is 1270. The first-order chi connectivity index (χ1) is 16.8. The number of benzene rings is 2. The molecular weight excluding hydrogens is 455 g/mol. The molecule has 0 radical (unpaired) electrons. The molecule has 0 aliphatic heterocycles. The Morgan fingerprint density at radius 1 is 1.11 bits per heavy atom. The fourth-order valence-corrected chi connectivity index (χ4v) is 3.85. The largest absolute Gasteiger partial charge is 0.488 e. The third-order valence-corrected chi connectivity index (χ3v) is 5.74. The number of rotatable bonds is 7. The highest BCUT2D eigenvalue weighted by molar-refractivity contribution is 5.69. The van der Waals surface area contributed by atoms with Crippen LogP contribution in [0.3, 0.4) is 0 Å². The maximum Gasteiger partial charge on any atom is 0.419 e. The number of allylic oxidation sites excluding steroid dienone is 6. The second-order valence-corrected chi connectivity index (χ2v) is 8.33. The molecule has 0 bridgehead atoms. The van der Waals surface area contributed by atoms with Crippen molar-refractivity contribution in [2.45, 2.75) is 32.2 Å². The molecule has 1 aliphatic carbocycles. The lowest BCUT2D eigenvalue weighted by Crippen LogP contribution is -2.15. The van der Waals surface area contributed by atoms with E-state index >= 15 is 0 Å². The molecule has 4 rings (SSSR count). The number of halogens is 3. The molecule has 2 aromatic carbocycles. The quantitative estimate of drug-likeness (QED) is 0.394. The Balaban J connectivity index is 1.56. The minimum atomic E-state index is -4.61. The highest BCUT2D eigenvalue weighted by Crippen LogP contribution is 2.41. The van der Waals surface area contributed by atoms with Crippen LogP contribution in [-0.4, -0.2) is 21.7 Å². The van der Waals surface area contributed by atoms with Crippen molar-refractivity contribution in [1.29, 1.82) is 0 Å². The van der Waals surface area contributed by atoms with Gasteiger partial charge in [0, 0.05) is 5.56 Å². The van der Waals surface area contributed by atoms with E-state index in [1.807, 2.05) is 48.6 Å². The summed E-state index contributed by atoms with van der Waals surface area (Å²) in [6, 6.07) is 9.52. The van der Waals surface area contributed by atoms with Crippen LogP contribution in [0.25, 0.3) is 16.8 Å². The molecule has 0 saturated carbocycles. The Morgan fingerprint density at radius 3 is 2.60 bits per heavy atom. The number of nitrogens with two attached hydrogens (primary N) is 1. The molecule has 1 heterocycles. The van der Waals surface area contributed by atoms with Crippen LogP contribution in [0.5, 0.6) is 5.75 Å². The molecule has 1 atom stereocenters. The fourth-order valence-electron chi connectivity index (χ4n) is 3.85. The summed E-state index contributed by atoms with van der Waals surface area (Å²) >= 11 is 0. The van der Waals surface area contributed by atoms with Crippen LogP contribution < -0.4 is 10.5 Å². The summed E-state index contributed by atoms with van der Waals surface area (Å²) in [6.07, 6.45) is 7.66. The average Bonchev–Trinajstić information content (AvgIpc) is 3.18. The number of alkyl halides is 3. The van der Waals surface area contributed by atoms with Crippen molar-refractivity contribution < 1.29 is 23.0 Å². The van der Waals surface area contributed by atoms with Gasteiger partial charge in [-0.1, -0.05) is 54.6 Å². The molecular formula is C27H26F3N3O2. The number of aromatic amines is 1. The van der Waals surface area contributed by atoms with Crippen LogP contribution in [0.4, 0.5) is 13.2 Å². The van der Waals surface area contributed by atoms with E-state index in [2.05, 4.69) is 16.0 Å². The molecule has 1 aliphatic rings. The topological polar surface area (TPSA) is 84.2 Å². The van der Waals surface area contributed by atoms with E-state index in [1.54, 1.807) is 13.0 Å². The minimum Gasteiger partial charge on any atom is -0.488 e. The fraction of sp³-hybridized carbons (Fsp3) is 0.222. The van der Waals surface area contributed by atoms with Gasteiger partial charge in [0.05, 0.1) is 30.1 Å². The van der Waals surface area contributed by atoms with Gasteiger partial charge < -0.3 is 20.6 Å². The maximum atomic E-state index is 14.0. The van der Waals surface area contributed by atoms with E-state index in [-0.39, 0.29) is 19.0 Å². The summed E-state index contributed by atoms with van der Waals surface area (Å²) in [5.41, 5.74) is 8.87. The first-order valence-corrected chi connectivity index (χ1v) is 11.1. The van der Waals surface area contributed by atoms with Gasteiger partial charge in [-0.25, -0.2) is 4.98 Å². The van der Waals surface area contributed by atoms with Gasteiger partial charge in [0.15, 0.2) is 0 Å². The maximum absolute atomic E-state index is 14.0. The zero-order valence-corrected chi connectivity index (χ0v) is 19.1. The molecule has 0 fully saturated rings. The number of H-pyrrole nitrogens is 1. The van der Waals surface area contributed by atoms with E-state index in [9.17, 15) is 18.3 Å². The minimum absolute atomic E-state index is 0.00194. The lowest BCUT2D eigenvalue weighted by atomic mass is 10.0. The lowest BCUT2D eigenvalue weighted by Gasteiger charge is -2.18. The number of ether oxygens (including phenoxy) is 1. The Morgan fingerprint density at radius 2 is 1.89 bits per heavy atom. The van der Waals surface area contributed by atoms with Gasteiger partial charge in [-0.15, -0.1) is 0 Å². The second-order valence-electron chi connectivity index (χ2n) is 8.33. The number of aryl methyl sites for hydroxylation is 1. The van der Waals surface area contributed by atoms with Crippen molar-refractivity contribution in [3.05, 3.63) is 101 Å². The molecule has 182 valence electrons. The van der Waals surface area contributed by atoms with Crippen LogP contribution in [-0.2, 0) is 12.8 Å². The zero-order valence-electron chi connectivity index (χ0n) is 19.1. The third-order valence-electron chi connectivity index (χ3n) is 5.74. The number of hydrogen-bond donors (Lipinski definition) is 3. The van der Waals surface area contributed by atoms with E-state index in [0.29, 0.717) is 22.6 Å². The number of imidazole rings is 1. The van der Waals surface area contributed by atoms with E-state index in [1.165, 1.54) is 6.20 Å². The Kier molecular flexibility index (Phi) is 7.23. The van der Waals surface area contributed by atoms with Gasteiger partial charge in [0.2, 0.25) is 0 Å². The molecule has 1 aromatic heterocycles. The smallest absolute Gasteiger partial charge is 0.419 e. The predicted octanol–water partition coefficient (Wildman–Crippen LogP) is 5.87. The molecule has 3 aromatic rings. The highest BCUT2D eigenvalue weighted by Gasteiger charge is 2.36. The molecule has 35 heavy (non-hydrogen) atoms. The summed E-state index contributed by atoms with van der Waals surface area (Å²) in [5, 5.41) is 9.19. The zero-order chi connectivity index (χ0) is 25.0. The summed E-state index contributed by atoms with van der Waals surface area (Å²) < 4.78 is 47.6. The van der Waals surface area contributed by atoms with Gasteiger partial charge in [0.25, 0.3) is 0 Å². The summed E-state index contributed by atoms with van der Waals surface area (Å²) in [5.74, 6) is 0.0861. The Hall–Kier alpha value is -3.62. The van der Waals surface area contributed by atoms with Crippen LogP contribution in [0.2, 0.25) is 0 Å². The summed E-state index contributed by atoms with van der Waals surface area (Å²) in [6.45, 7) is 1.24. The Labute approximate surface area is 201 Å². The van der Waals surface area contributed by atoms with Crippen LogP contribution >= 0.6 is 0 Å². The number of aliphatic hydroxyl groups excluding tert-OH is 1. The molecule has 0 saturated heterocycles. The van der Waals surface area contributed by atoms with Crippen LogP contribution in [0.1, 0.15) is 40.5 Å². The highest BCUT2D eigenvalue weighted by atomic mass is 19.4. The van der Waals surface area contributed by atoms with Crippen molar-refractivity contribution >= 4 is 5.57 Å². The third kappa shape index (κ3) is 5.72. The SMILES string of the molecule is Cc1cc(-c2cnc(C(N)CO)[nH]2)cc(C(F)(F)F)c1OCc1ccc(C2=CC=CC=CC2)cc1. The van der Waals surface area contributed by atoms with Gasteiger partial charge in [-0.2, -0.15) is 13.2 Å². The van der Waals surface area contributed by atoms with Crippen molar-refractivity contribution in [2.24, 2.45) is 5.73 Å².